The van der Waals surface area contributed by atoms with Gasteiger partial charge in [-0.25, -0.2) is 0 Å². The highest BCUT2D eigenvalue weighted by Gasteiger charge is 2.51. The monoisotopic (exact) mass is 366 g/mol. The predicted octanol–water partition coefficient (Wildman–Crippen LogP) is 8.60. The Bertz CT molecular complexity index is 316. The molecule has 156 valence electrons. The van der Waals surface area contributed by atoms with Crippen LogP contribution >= 0.6 is 0 Å². The van der Waals surface area contributed by atoms with Crippen molar-refractivity contribution in [3.05, 3.63) is 0 Å². The van der Waals surface area contributed by atoms with Crippen LogP contribution in [0.1, 0.15) is 132 Å². The molecule has 0 unspecified atom stereocenters. The van der Waals surface area contributed by atoms with Crippen LogP contribution < -0.4 is 0 Å². The number of Topliss-reactive ketones (excluding diaryl/α,β-unsaturated/α-hetero) is 1. The van der Waals surface area contributed by atoms with Gasteiger partial charge in [0.15, 0.2) is 0 Å². The van der Waals surface area contributed by atoms with Gasteiger partial charge in [0, 0.05) is 10.8 Å². The van der Waals surface area contributed by atoms with Gasteiger partial charge in [-0.1, -0.05) is 107 Å². The molecule has 0 fully saturated rings. The molecule has 0 radical (unpaired) electrons. The van der Waals surface area contributed by atoms with E-state index in [4.69, 9.17) is 0 Å². The smallest absolute Gasteiger partial charge is 0.145 e. The summed E-state index contributed by atoms with van der Waals surface area (Å²) in [5, 5.41) is 0. The summed E-state index contributed by atoms with van der Waals surface area (Å²) in [5.74, 6) is 1.52. The Labute approximate surface area is 166 Å². The number of hydrogen-bond acceptors (Lipinski definition) is 1. The molecule has 0 saturated heterocycles. The molecular weight excluding hydrogens is 316 g/mol. The lowest BCUT2D eigenvalue weighted by Crippen LogP contribution is -2.49. The quantitative estimate of drug-likeness (QED) is 0.267. The van der Waals surface area contributed by atoms with Crippen LogP contribution in [0, 0.1) is 22.7 Å². The Kier molecular flexibility index (Phi) is 12.8. The van der Waals surface area contributed by atoms with E-state index in [1.54, 1.807) is 0 Å². The molecule has 0 saturated carbocycles. The van der Waals surface area contributed by atoms with Crippen molar-refractivity contribution in [3.8, 4) is 0 Å². The minimum atomic E-state index is -0.113. The van der Waals surface area contributed by atoms with Crippen molar-refractivity contribution in [1.82, 2.24) is 0 Å². The third kappa shape index (κ3) is 6.38. The molecule has 0 spiro atoms. The van der Waals surface area contributed by atoms with Crippen molar-refractivity contribution in [3.63, 3.8) is 0 Å². The third-order valence-corrected chi connectivity index (χ3v) is 7.02. The average Bonchev–Trinajstić information content (AvgIpc) is 2.61. The third-order valence-electron chi connectivity index (χ3n) is 7.02. The van der Waals surface area contributed by atoms with Crippen LogP contribution in [0.3, 0.4) is 0 Å². The van der Waals surface area contributed by atoms with Crippen LogP contribution in [0.4, 0.5) is 0 Å². The molecule has 0 bridgehead atoms. The summed E-state index contributed by atoms with van der Waals surface area (Å²) >= 11 is 0. The summed E-state index contributed by atoms with van der Waals surface area (Å²) in [6.07, 6.45) is 13.8. The zero-order chi connectivity index (χ0) is 20.2. The molecular formula is C25H50O. The molecule has 0 aliphatic heterocycles. The first-order chi connectivity index (χ1) is 12.3. The number of rotatable bonds is 16. The minimum Gasteiger partial charge on any atom is -0.298 e. The van der Waals surface area contributed by atoms with Gasteiger partial charge in [-0.05, 0) is 37.5 Å². The van der Waals surface area contributed by atoms with Gasteiger partial charge in [0.05, 0.1) is 0 Å². The summed E-state index contributed by atoms with van der Waals surface area (Å²) in [6.45, 7) is 18.3. The molecule has 0 heterocycles. The number of carbonyl (C=O) groups is 1. The van der Waals surface area contributed by atoms with E-state index in [9.17, 15) is 4.79 Å². The average molecular weight is 367 g/mol. The molecule has 0 rings (SSSR count). The fourth-order valence-electron chi connectivity index (χ4n) is 4.85. The van der Waals surface area contributed by atoms with Crippen molar-refractivity contribution in [2.24, 2.45) is 22.7 Å². The van der Waals surface area contributed by atoms with Gasteiger partial charge in [0.1, 0.15) is 5.78 Å². The van der Waals surface area contributed by atoms with Crippen LogP contribution in [-0.4, -0.2) is 5.78 Å². The molecule has 1 heteroatoms. The van der Waals surface area contributed by atoms with Crippen LogP contribution in [0.15, 0.2) is 0 Å². The largest absolute Gasteiger partial charge is 0.298 e. The summed E-state index contributed by atoms with van der Waals surface area (Å²) in [5.41, 5.74) is -0.227. The van der Waals surface area contributed by atoms with E-state index >= 15 is 0 Å². The highest BCUT2D eigenvalue weighted by molar-refractivity contribution is 5.91. The molecule has 0 aromatic heterocycles. The van der Waals surface area contributed by atoms with Crippen molar-refractivity contribution < 1.29 is 4.79 Å². The number of unbranched alkanes of at least 4 members (excludes halogenated alkanes) is 4. The zero-order valence-corrected chi connectivity index (χ0v) is 19.5. The molecule has 0 aromatic rings. The summed E-state index contributed by atoms with van der Waals surface area (Å²) < 4.78 is 0. The Balaban J connectivity index is 6.10. The molecule has 1 nitrogen and oxygen atoms in total. The highest BCUT2D eigenvalue weighted by atomic mass is 16.1. The maximum absolute atomic E-state index is 14.4. The first kappa shape index (κ1) is 25.7. The first-order valence-corrected chi connectivity index (χ1v) is 11.8. The van der Waals surface area contributed by atoms with Gasteiger partial charge in [-0.15, -0.1) is 0 Å². The molecule has 0 atom stereocenters. The first-order valence-electron chi connectivity index (χ1n) is 11.8. The molecule has 0 amide bonds. The van der Waals surface area contributed by atoms with Crippen LogP contribution in [0.25, 0.3) is 0 Å². The maximum Gasteiger partial charge on any atom is 0.145 e. The van der Waals surface area contributed by atoms with Crippen LogP contribution in [-0.2, 0) is 4.79 Å². The van der Waals surface area contributed by atoms with Crippen molar-refractivity contribution in [1.29, 1.82) is 0 Å². The Morgan fingerprint density at radius 3 is 0.962 bits per heavy atom. The molecule has 26 heavy (non-hydrogen) atoms. The lowest BCUT2D eigenvalue weighted by atomic mass is 9.55. The van der Waals surface area contributed by atoms with Crippen LogP contribution in [0.2, 0.25) is 0 Å². The summed E-state index contributed by atoms with van der Waals surface area (Å²) in [7, 11) is 0. The number of ketones is 1. The van der Waals surface area contributed by atoms with E-state index in [0.29, 0.717) is 17.6 Å². The van der Waals surface area contributed by atoms with Gasteiger partial charge in [-0.2, -0.15) is 0 Å². The van der Waals surface area contributed by atoms with Crippen molar-refractivity contribution in [2.45, 2.75) is 132 Å². The molecule has 0 aliphatic rings. The van der Waals surface area contributed by atoms with Gasteiger partial charge in [0.2, 0.25) is 0 Å². The number of carbonyl (C=O) groups excluding carboxylic acids is 1. The Hall–Kier alpha value is -0.330. The zero-order valence-electron chi connectivity index (χ0n) is 19.5. The molecule has 0 N–H and O–H groups in total. The summed E-state index contributed by atoms with van der Waals surface area (Å²) in [4.78, 5) is 14.4. The Morgan fingerprint density at radius 2 is 0.808 bits per heavy atom. The maximum atomic E-state index is 14.4. The van der Waals surface area contributed by atoms with Crippen LogP contribution in [0.5, 0.6) is 0 Å². The molecule has 0 aliphatic carbocycles. The van der Waals surface area contributed by atoms with E-state index in [-0.39, 0.29) is 10.8 Å². The fourth-order valence-corrected chi connectivity index (χ4v) is 4.85. The lowest BCUT2D eigenvalue weighted by molar-refractivity contribution is -0.148. The van der Waals surface area contributed by atoms with E-state index < -0.39 is 0 Å². The van der Waals surface area contributed by atoms with Gasteiger partial charge in [0.25, 0.3) is 0 Å². The second kappa shape index (κ2) is 12.9. The second-order valence-electron chi connectivity index (χ2n) is 9.37. The van der Waals surface area contributed by atoms with Gasteiger partial charge >= 0.3 is 0 Å². The SMILES string of the molecule is CCCCC(CCCC)(C(=O)C(CCCC)(CCCC)C(C)C)C(C)C. The number of hydrogen-bond donors (Lipinski definition) is 0. The Morgan fingerprint density at radius 1 is 0.577 bits per heavy atom. The van der Waals surface area contributed by atoms with E-state index in [1.165, 1.54) is 51.4 Å². The fraction of sp³-hybridized carbons (Fsp3) is 0.960. The lowest BCUT2D eigenvalue weighted by Gasteiger charge is -2.47. The standard InChI is InChI=1S/C25H50O/c1-9-13-17-24(21(5)6,18-14-10-2)23(26)25(22(7)8,19-15-11-3)20-16-12-4/h21-22H,9-20H2,1-8H3. The van der Waals surface area contributed by atoms with E-state index in [1.807, 2.05) is 0 Å². The van der Waals surface area contributed by atoms with E-state index in [0.717, 1.165) is 25.7 Å². The van der Waals surface area contributed by atoms with Gasteiger partial charge in [-0.3, -0.25) is 4.79 Å². The predicted molar refractivity (Wildman–Crippen MR) is 118 cm³/mol. The van der Waals surface area contributed by atoms with Crippen molar-refractivity contribution in [2.75, 3.05) is 0 Å². The summed E-state index contributed by atoms with van der Waals surface area (Å²) in [6, 6.07) is 0. The van der Waals surface area contributed by atoms with Gasteiger partial charge < -0.3 is 0 Å². The topological polar surface area (TPSA) is 17.1 Å². The molecule has 0 aromatic carbocycles. The minimum absolute atomic E-state index is 0.113. The normalized spacial score (nSPS) is 13.0. The van der Waals surface area contributed by atoms with Crippen molar-refractivity contribution >= 4 is 5.78 Å². The van der Waals surface area contributed by atoms with E-state index in [2.05, 4.69) is 55.4 Å². The second-order valence-corrected chi connectivity index (χ2v) is 9.37. The highest BCUT2D eigenvalue weighted by Crippen LogP contribution is 2.51.